The first-order valence-corrected chi connectivity index (χ1v) is 8.67. The van der Waals surface area contributed by atoms with Gasteiger partial charge in [-0.15, -0.1) is 0 Å². The summed E-state index contributed by atoms with van der Waals surface area (Å²) >= 11 is 0.844. The Balaban J connectivity index is 2.60. The zero-order valence-electron chi connectivity index (χ0n) is 13.9. The first kappa shape index (κ1) is 21.1. The van der Waals surface area contributed by atoms with Gasteiger partial charge in [0.1, 0.15) is 12.3 Å². The number of aromatic nitrogens is 2. The fourth-order valence-electron chi connectivity index (χ4n) is 1.83. The predicted molar refractivity (Wildman–Crippen MR) is 93.2 cm³/mol. The number of hydrogen-bond acceptors (Lipinski definition) is 8. The molecule has 0 bridgehead atoms. The van der Waals surface area contributed by atoms with Gasteiger partial charge in [0, 0.05) is 37.0 Å². The maximum atomic E-state index is 12.4. The van der Waals surface area contributed by atoms with Crippen molar-refractivity contribution in [3.05, 3.63) is 18.2 Å². The van der Waals surface area contributed by atoms with Crippen molar-refractivity contribution in [1.82, 2.24) is 20.6 Å². The lowest BCUT2D eigenvalue weighted by Crippen LogP contribution is -2.44. The van der Waals surface area contributed by atoms with Gasteiger partial charge in [0.25, 0.3) is 0 Å². The van der Waals surface area contributed by atoms with Crippen molar-refractivity contribution in [3.8, 4) is 0 Å². The van der Waals surface area contributed by atoms with E-state index in [0.717, 1.165) is 11.8 Å². The number of imidazole rings is 1. The number of primary amides is 1. The van der Waals surface area contributed by atoms with Crippen molar-refractivity contribution < 1.29 is 19.5 Å². The highest BCUT2D eigenvalue weighted by Crippen LogP contribution is 2.11. The Morgan fingerprint density at radius 1 is 1.44 bits per heavy atom. The summed E-state index contributed by atoms with van der Waals surface area (Å²) in [7, 11) is 0. The molecule has 1 heterocycles. The van der Waals surface area contributed by atoms with E-state index < -0.39 is 24.2 Å². The Morgan fingerprint density at radius 2 is 2.16 bits per heavy atom. The summed E-state index contributed by atoms with van der Waals surface area (Å²) in [5, 5.41) is 14.1. The van der Waals surface area contributed by atoms with E-state index in [0.29, 0.717) is 5.69 Å². The van der Waals surface area contributed by atoms with E-state index in [1.54, 1.807) is 13.1 Å². The number of aliphatic hydroxyl groups excluding tert-OH is 1. The number of aromatic amines is 1. The summed E-state index contributed by atoms with van der Waals surface area (Å²) < 4.78 is 0. The van der Waals surface area contributed by atoms with E-state index in [4.69, 9.17) is 16.6 Å². The fourth-order valence-corrected chi connectivity index (χ4v) is 2.68. The summed E-state index contributed by atoms with van der Waals surface area (Å²) in [5.41, 5.74) is 11.3. The number of nitrogens with two attached hydrogens (primary N) is 2. The number of nitrogens with one attached hydrogen (secondary N) is 3. The molecule has 0 spiro atoms. The summed E-state index contributed by atoms with van der Waals surface area (Å²) in [6.45, 7) is 1.81. The molecule has 140 valence electrons. The Bertz CT molecular complexity index is 566. The van der Waals surface area contributed by atoms with E-state index in [2.05, 4.69) is 20.6 Å². The van der Waals surface area contributed by atoms with Crippen LogP contribution in [-0.4, -0.2) is 62.6 Å². The summed E-state index contributed by atoms with van der Waals surface area (Å²) in [4.78, 5) is 42.1. The number of carbonyl (C=O) groups is 3. The van der Waals surface area contributed by atoms with Crippen molar-refractivity contribution in [1.29, 1.82) is 0 Å². The molecule has 1 rings (SSSR count). The van der Waals surface area contributed by atoms with Crippen molar-refractivity contribution >= 4 is 28.7 Å². The average Bonchev–Trinajstić information content (AvgIpc) is 3.04. The van der Waals surface area contributed by atoms with Gasteiger partial charge in [-0.25, -0.2) is 4.98 Å². The number of hydrogen-bond donors (Lipinski definition) is 6. The van der Waals surface area contributed by atoms with Crippen LogP contribution in [0.1, 0.15) is 19.0 Å². The Morgan fingerprint density at radius 3 is 2.72 bits per heavy atom. The molecule has 0 fully saturated rings. The number of H-pyrrole nitrogens is 1. The molecular formula is C14H24N6O4S. The second kappa shape index (κ2) is 10.8. The summed E-state index contributed by atoms with van der Waals surface area (Å²) in [6, 6.07) is -1.74. The molecule has 0 aliphatic rings. The van der Waals surface area contributed by atoms with Gasteiger partial charge in [-0.2, -0.15) is 0 Å². The van der Waals surface area contributed by atoms with Crippen molar-refractivity contribution in [3.63, 3.8) is 0 Å². The average molecular weight is 372 g/mol. The highest BCUT2D eigenvalue weighted by atomic mass is 32.2. The van der Waals surface area contributed by atoms with Crippen LogP contribution in [0.3, 0.4) is 0 Å². The number of thioether (sulfide) groups is 1. The third-order valence-corrected chi connectivity index (χ3v) is 4.26. The largest absolute Gasteiger partial charge is 0.379 e. The second-order valence-electron chi connectivity index (χ2n) is 5.42. The lowest BCUT2D eigenvalue weighted by atomic mass is 10.2. The smallest absolute Gasteiger partial charge is 0.235 e. The predicted octanol–water partition coefficient (Wildman–Crippen LogP) is -2.17. The lowest BCUT2D eigenvalue weighted by molar-refractivity contribution is -0.124. The van der Waals surface area contributed by atoms with Gasteiger partial charge in [-0.05, 0) is 6.92 Å². The lowest BCUT2D eigenvalue weighted by Gasteiger charge is -2.17. The first-order valence-electron chi connectivity index (χ1n) is 7.69. The van der Waals surface area contributed by atoms with Crippen LogP contribution in [0.25, 0.3) is 0 Å². The second-order valence-corrected chi connectivity index (χ2v) is 6.44. The number of nitrogens with zero attached hydrogens (tertiary/aromatic N) is 1. The minimum absolute atomic E-state index is 0.0348. The third-order valence-electron chi connectivity index (χ3n) is 3.16. The van der Waals surface area contributed by atoms with Crippen LogP contribution in [-0.2, 0) is 20.8 Å². The zero-order valence-corrected chi connectivity index (χ0v) is 14.7. The molecule has 1 aromatic rings. The molecule has 0 radical (unpaired) electrons. The first-order chi connectivity index (χ1) is 11.8. The quantitative estimate of drug-likeness (QED) is 0.238. The molecule has 0 saturated heterocycles. The van der Waals surface area contributed by atoms with Crippen molar-refractivity contribution in [2.24, 2.45) is 11.5 Å². The van der Waals surface area contributed by atoms with Crippen LogP contribution in [0.5, 0.6) is 0 Å². The molecule has 25 heavy (non-hydrogen) atoms. The van der Waals surface area contributed by atoms with Crippen LogP contribution in [0.4, 0.5) is 0 Å². The van der Waals surface area contributed by atoms with Crippen LogP contribution in [0, 0.1) is 0 Å². The number of rotatable bonds is 11. The SMILES string of the molecule is CC(O)NCCC(=O)N[C@@H](Cc1cnc[nH]1)C(=O)SCC(N)C(N)=O. The van der Waals surface area contributed by atoms with Gasteiger partial charge in [0.15, 0.2) is 0 Å². The molecule has 0 saturated carbocycles. The molecule has 1 aromatic heterocycles. The molecule has 3 atom stereocenters. The maximum Gasteiger partial charge on any atom is 0.235 e. The Kier molecular flexibility index (Phi) is 9.13. The monoisotopic (exact) mass is 372 g/mol. The highest BCUT2D eigenvalue weighted by molar-refractivity contribution is 8.13. The number of carbonyl (C=O) groups excluding carboxylic acids is 3. The van der Waals surface area contributed by atoms with Crippen molar-refractivity contribution in [2.75, 3.05) is 12.3 Å². The van der Waals surface area contributed by atoms with Gasteiger partial charge in [0.05, 0.1) is 12.4 Å². The van der Waals surface area contributed by atoms with Gasteiger partial charge >= 0.3 is 0 Å². The van der Waals surface area contributed by atoms with Crippen LogP contribution < -0.4 is 22.1 Å². The van der Waals surface area contributed by atoms with Gasteiger partial charge in [-0.1, -0.05) is 11.8 Å². The van der Waals surface area contributed by atoms with E-state index in [1.807, 2.05) is 0 Å². The van der Waals surface area contributed by atoms with Crippen LogP contribution >= 0.6 is 11.8 Å². The molecule has 2 amide bonds. The zero-order chi connectivity index (χ0) is 18.8. The maximum absolute atomic E-state index is 12.4. The van der Waals surface area contributed by atoms with Crippen LogP contribution in [0.15, 0.2) is 12.5 Å². The van der Waals surface area contributed by atoms with E-state index in [9.17, 15) is 14.4 Å². The molecule has 10 nitrogen and oxygen atoms in total. The van der Waals surface area contributed by atoms with E-state index >= 15 is 0 Å². The summed E-state index contributed by atoms with van der Waals surface area (Å²) in [6.07, 6.45) is 2.64. The third kappa shape index (κ3) is 8.63. The molecule has 2 unspecified atom stereocenters. The molecule has 0 aliphatic carbocycles. The molecule has 8 N–H and O–H groups in total. The number of amides is 2. The van der Waals surface area contributed by atoms with Gasteiger partial charge < -0.3 is 26.9 Å². The minimum Gasteiger partial charge on any atom is -0.379 e. The Labute approximate surface area is 149 Å². The number of aliphatic hydroxyl groups is 1. The minimum atomic E-state index is -0.937. The van der Waals surface area contributed by atoms with E-state index in [-0.39, 0.29) is 36.2 Å². The van der Waals surface area contributed by atoms with Crippen LogP contribution in [0.2, 0.25) is 0 Å². The molecule has 0 aliphatic heterocycles. The molecule has 11 heteroatoms. The van der Waals surface area contributed by atoms with Crippen molar-refractivity contribution in [2.45, 2.75) is 38.1 Å². The summed E-state index contributed by atoms with van der Waals surface area (Å²) in [5.74, 6) is -1.00. The molecular weight excluding hydrogens is 348 g/mol. The molecule has 0 aromatic carbocycles. The van der Waals surface area contributed by atoms with Gasteiger partial charge in [-0.3, -0.25) is 19.7 Å². The van der Waals surface area contributed by atoms with Gasteiger partial charge in [0.2, 0.25) is 16.9 Å². The van der Waals surface area contributed by atoms with E-state index in [1.165, 1.54) is 6.33 Å². The highest BCUT2D eigenvalue weighted by Gasteiger charge is 2.23. The normalized spacial score (nSPS) is 14.5. The topological polar surface area (TPSA) is 176 Å². The fraction of sp³-hybridized carbons (Fsp3) is 0.571. The Hall–Kier alpha value is -1.95. The standard InChI is InChI=1S/C14H24N6O4S/c1-8(21)18-3-2-12(22)20-11(4-9-5-17-7-19-9)14(24)25-6-10(15)13(16)23/h5,7-8,10-11,18,21H,2-4,6,15H2,1H3,(H2,16,23)(H,17,19)(H,20,22)/t8?,10?,11-/m0/s1.